The molecule has 0 fully saturated rings. The van der Waals surface area contributed by atoms with Crippen LogP contribution in [0.1, 0.15) is 11.1 Å². The number of anilines is 1. The number of aliphatic hydroxyl groups excluding tert-OH is 1. The minimum Gasteiger partial charge on any atom is -0.496 e. The molecule has 0 radical (unpaired) electrons. The number of para-hydroxylation sites is 2. The Labute approximate surface area is 137 Å². The molecule has 0 saturated carbocycles. The van der Waals surface area contributed by atoms with E-state index in [1.54, 1.807) is 7.11 Å². The minimum atomic E-state index is -0.504. The standard InChI is InChI=1S/C19H23NO3/c1-22-19-9-5-3-7-16(19)13-23-14-17(21)12-20-11-10-15-6-2-4-8-18(15)20/h2-9,17,21H,10-14H2,1H3. The van der Waals surface area contributed by atoms with Gasteiger partial charge in [-0.15, -0.1) is 0 Å². The predicted molar refractivity (Wildman–Crippen MR) is 91.0 cm³/mol. The van der Waals surface area contributed by atoms with Crippen molar-refractivity contribution in [3.05, 3.63) is 59.7 Å². The lowest BCUT2D eigenvalue weighted by atomic mass is 10.2. The summed E-state index contributed by atoms with van der Waals surface area (Å²) in [6.45, 7) is 2.32. The normalized spacial score (nSPS) is 14.6. The second kappa shape index (κ2) is 7.49. The minimum absolute atomic E-state index is 0.316. The smallest absolute Gasteiger partial charge is 0.124 e. The van der Waals surface area contributed by atoms with E-state index in [2.05, 4.69) is 23.1 Å². The quantitative estimate of drug-likeness (QED) is 0.853. The predicted octanol–water partition coefficient (Wildman–Crippen LogP) is 2.64. The van der Waals surface area contributed by atoms with E-state index in [1.165, 1.54) is 11.3 Å². The van der Waals surface area contributed by atoms with Gasteiger partial charge >= 0.3 is 0 Å². The van der Waals surface area contributed by atoms with E-state index in [0.717, 1.165) is 24.3 Å². The number of ether oxygens (including phenoxy) is 2. The summed E-state index contributed by atoms with van der Waals surface area (Å²) in [5, 5.41) is 10.2. The highest BCUT2D eigenvalue weighted by molar-refractivity contribution is 5.57. The number of β-amino-alcohol motifs (C(OH)–C–C–N with tert-alkyl or cyclic N) is 1. The maximum Gasteiger partial charge on any atom is 0.124 e. The Kier molecular flexibility index (Phi) is 5.16. The summed E-state index contributed by atoms with van der Waals surface area (Å²) in [5.74, 6) is 0.815. The molecule has 0 bridgehead atoms. The molecule has 1 aliphatic rings. The van der Waals surface area contributed by atoms with Gasteiger partial charge in [0.15, 0.2) is 0 Å². The highest BCUT2D eigenvalue weighted by atomic mass is 16.5. The van der Waals surface area contributed by atoms with Crippen molar-refractivity contribution in [2.45, 2.75) is 19.1 Å². The Morgan fingerprint density at radius 2 is 1.91 bits per heavy atom. The Balaban J connectivity index is 1.48. The first kappa shape index (κ1) is 15.8. The largest absolute Gasteiger partial charge is 0.496 e. The Morgan fingerprint density at radius 3 is 2.78 bits per heavy atom. The molecule has 4 heteroatoms. The van der Waals surface area contributed by atoms with Crippen LogP contribution in [0.2, 0.25) is 0 Å². The molecule has 23 heavy (non-hydrogen) atoms. The van der Waals surface area contributed by atoms with Gasteiger partial charge in [0.25, 0.3) is 0 Å². The fourth-order valence-electron chi connectivity index (χ4n) is 3.03. The van der Waals surface area contributed by atoms with E-state index < -0.39 is 6.10 Å². The molecule has 1 unspecified atom stereocenters. The average molecular weight is 313 g/mol. The van der Waals surface area contributed by atoms with Gasteiger partial charge in [0.05, 0.1) is 26.4 Å². The number of aliphatic hydroxyl groups is 1. The first-order valence-electron chi connectivity index (χ1n) is 7.98. The Hall–Kier alpha value is -2.04. The molecule has 122 valence electrons. The SMILES string of the molecule is COc1ccccc1COCC(O)CN1CCc2ccccc21. The van der Waals surface area contributed by atoms with Gasteiger partial charge in [0.1, 0.15) is 5.75 Å². The zero-order valence-electron chi connectivity index (χ0n) is 13.4. The van der Waals surface area contributed by atoms with Crippen LogP contribution in [-0.2, 0) is 17.8 Å². The number of rotatable bonds is 7. The van der Waals surface area contributed by atoms with E-state index in [1.807, 2.05) is 30.3 Å². The molecule has 4 nitrogen and oxygen atoms in total. The van der Waals surface area contributed by atoms with E-state index in [-0.39, 0.29) is 0 Å². The van der Waals surface area contributed by atoms with Crippen LogP contribution in [0.25, 0.3) is 0 Å². The molecule has 0 spiro atoms. The van der Waals surface area contributed by atoms with Crippen LogP contribution in [0.5, 0.6) is 5.75 Å². The molecule has 0 saturated heterocycles. The maximum atomic E-state index is 10.2. The molecule has 1 N–H and O–H groups in total. The molecular formula is C19H23NO3. The number of fused-ring (bicyclic) bond motifs is 1. The van der Waals surface area contributed by atoms with Crippen molar-refractivity contribution in [2.75, 3.05) is 31.7 Å². The molecule has 2 aromatic rings. The number of benzene rings is 2. The molecular weight excluding hydrogens is 290 g/mol. The Bertz CT molecular complexity index is 644. The fourth-order valence-corrected chi connectivity index (χ4v) is 3.03. The van der Waals surface area contributed by atoms with Crippen molar-refractivity contribution >= 4 is 5.69 Å². The topological polar surface area (TPSA) is 41.9 Å². The van der Waals surface area contributed by atoms with Gasteiger partial charge in [0, 0.05) is 24.3 Å². The molecule has 1 heterocycles. The summed E-state index contributed by atoms with van der Waals surface area (Å²) in [7, 11) is 1.65. The summed E-state index contributed by atoms with van der Waals surface area (Å²) >= 11 is 0. The van der Waals surface area contributed by atoms with Crippen LogP contribution in [0.15, 0.2) is 48.5 Å². The molecule has 0 amide bonds. The lowest BCUT2D eigenvalue weighted by Crippen LogP contribution is -2.33. The first-order valence-corrected chi connectivity index (χ1v) is 7.98. The molecule has 0 aliphatic carbocycles. The first-order chi connectivity index (χ1) is 11.3. The van der Waals surface area contributed by atoms with Crippen molar-refractivity contribution in [3.8, 4) is 5.75 Å². The van der Waals surface area contributed by atoms with Gasteiger partial charge in [-0.25, -0.2) is 0 Å². The monoisotopic (exact) mass is 313 g/mol. The highest BCUT2D eigenvalue weighted by Crippen LogP contribution is 2.27. The average Bonchev–Trinajstić information content (AvgIpc) is 2.98. The van der Waals surface area contributed by atoms with Gasteiger partial charge in [-0.1, -0.05) is 36.4 Å². The summed E-state index contributed by atoms with van der Waals surface area (Å²) < 4.78 is 11.0. The van der Waals surface area contributed by atoms with Crippen LogP contribution >= 0.6 is 0 Å². The third-order valence-electron chi connectivity index (χ3n) is 4.17. The summed E-state index contributed by atoms with van der Waals surface area (Å²) in [6, 6.07) is 16.2. The van der Waals surface area contributed by atoms with E-state index in [0.29, 0.717) is 19.8 Å². The van der Waals surface area contributed by atoms with E-state index >= 15 is 0 Å². The number of methoxy groups -OCH3 is 1. The van der Waals surface area contributed by atoms with Gasteiger partial charge in [0.2, 0.25) is 0 Å². The fraction of sp³-hybridized carbons (Fsp3) is 0.368. The number of nitrogens with zero attached hydrogens (tertiary/aromatic N) is 1. The summed E-state index contributed by atoms with van der Waals surface area (Å²) in [6.07, 6.45) is 0.543. The summed E-state index contributed by atoms with van der Waals surface area (Å²) in [4.78, 5) is 2.23. The van der Waals surface area contributed by atoms with Gasteiger partial charge in [-0.2, -0.15) is 0 Å². The summed E-state index contributed by atoms with van der Waals surface area (Å²) in [5.41, 5.74) is 3.58. The van der Waals surface area contributed by atoms with Gasteiger partial charge in [-0.3, -0.25) is 0 Å². The van der Waals surface area contributed by atoms with E-state index in [9.17, 15) is 5.11 Å². The van der Waals surface area contributed by atoms with Crippen molar-refractivity contribution < 1.29 is 14.6 Å². The second-order valence-corrected chi connectivity index (χ2v) is 5.81. The van der Waals surface area contributed by atoms with Gasteiger partial charge < -0.3 is 19.5 Å². The highest BCUT2D eigenvalue weighted by Gasteiger charge is 2.20. The maximum absolute atomic E-state index is 10.2. The zero-order valence-corrected chi connectivity index (χ0v) is 13.4. The van der Waals surface area contributed by atoms with Crippen LogP contribution in [-0.4, -0.2) is 38.0 Å². The van der Waals surface area contributed by atoms with E-state index in [4.69, 9.17) is 9.47 Å². The molecule has 0 aromatic heterocycles. The second-order valence-electron chi connectivity index (χ2n) is 5.81. The molecule has 3 rings (SSSR count). The van der Waals surface area contributed by atoms with Crippen LogP contribution < -0.4 is 9.64 Å². The third-order valence-corrected chi connectivity index (χ3v) is 4.17. The number of hydrogen-bond acceptors (Lipinski definition) is 4. The molecule has 1 aliphatic heterocycles. The van der Waals surface area contributed by atoms with Crippen molar-refractivity contribution in [3.63, 3.8) is 0 Å². The van der Waals surface area contributed by atoms with Crippen molar-refractivity contribution in [1.29, 1.82) is 0 Å². The van der Waals surface area contributed by atoms with Crippen LogP contribution in [0.4, 0.5) is 5.69 Å². The zero-order chi connectivity index (χ0) is 16.1. The third kappa shape index (κ3) is 3.84. The lowest BCUT2D eigenvalue weighted by molar-refractivity contribution is 0.0314. The molecule has 2 aromatic carbocycles. The number of hydrogen-bond donors (Lipinski definition) is 1. The van der Waals surface area contributed by atoms with Crippen LogP contribution in [0.3, 0.4) is 0 Å². The Morgan fingerprint density at radius 1 is 1.13 bits per heavy atom. The lowest BCUT2D eigenvalue weighted by Gasteiger charge is -2.23. The van der Waals surface area contributed by atoms with Crippen molar-refractivity contribution in [1.82, 2.24) is 0 Å². The van der Waals surface area contributed by atoms with Crippen LogP contribution in [0, 0.1) is 0 Å². The van der Waals surface area contributed by atoms with Crippen molar-refractivity contribution in [2.24, 2.45) is 0 Å². The van der Waals surface area contributed by atoms with Gasteiger partial charge in [-0.05, 0) is 24.1 Å². The molecule has 1 atom stereocenters.